The van der Waals surface area contributed by atoms with Crippen LogP contribution in [-0.4, -0.2) is 47.1 Å². The van der Waals surface area contributed by atoms with Crippen molar-refractivity contribution in [2.75, 3.05) is 26.7 Å². The number of imidazole rings is 1. The summed E-state index contributed by atoms with van der Waals surface area (Å²) in [7, 11) is 1.92. The number of nitrogens with zero attached hydrogens (tertiary/aromatic N) is 4. The van der Waals surface area contributed by atoms with E-state index >= 15 is 0 Å². The number of hydrogen-bond acceptors (Lipinski definition) is 2. The van der Waals surface area contributed by atoms with Gasteiger partial charge in [-0.1, -0.05) is 25.7 Å². The fraction of sp³-hybridized carbons (Fsp3) is 0.789. The van der Waals surface area contributed by atoms with E-state index < -0.39 is 0 Å². The maximum absolute atomic E-state index is 4.56. The van der Waals surface area contributed by atoms with Gasteiger partial charge in [-0.05, 0) is 37.5 Å². The Labute approximate surface area is 146 Å². The van der Waals surface area contributed by atoms with Crippen molar-refractivity contribution in [1.29, 1.82) is 0 Å². The van der Waals surface area contributed by atoms with Crippen LogP contribution in [0.5, 0.6) is 0 Å². The predicted molar refractivity (Wildman–Crippen MR) is 99.1 cm³/mol. The molecule has 1 saturated carbocycles. The van der Waals surface area contributed by atoms with Gasteiger partial charge in [-0.15, -0.1) is 0 Å². The van der Waals surface area contributed by atoms with Crippen molar-refractivity contribution in [2.45, 2.75) is 64.3 Å². The van der Waals surface area contributed by atoms with Gasteiger partial charge in [0.05, 0.1) is 6.33 Å². The quantitative estimate of drug-likeness (QED) is 0.523. The summed E-state index contributed by atoms with van der Waals surface area (Å²) in [6.45, 7) is 4.33. The molecule has 1 aliphatic heterocycles. The second-order valence-corrected chi connectivity index (χ2v) is 7.57. The predicted octanol–water partition coefficient (Wildman–Crippen LogP) is 3.29. The Bertz CT molecular complexity index is 500. The van der Waals surface area contributed by atoms with E-state index in [0.717, 1.165) is 32.0 Å². The van der Waals surface area contributed by atoms with Crippen molar-refractivity contribution < 1.29 is 0 Å². The Kier molecular flexibility index (Phi) is 6.16. The first-order valence-electron chi connectivity index (χ1n) is 9.73. The van der Waals surface area contributed by atoms with Crippen LogP contribution >= 0.6 is 0 Å². The molecule has 2 heterocycles. The average Bonchev–Trinajstić information content (AvgIpc) is 3.02. The van der Waals surface area contributed by atoms with Crippen molar-refractivity contribution in [3.05, 3.63) is 18.7 Å². The van der Waals surface area contributed by atoms with Gasteiger partial charge in [0, 0.05) is 45.6 Å². The van der Waals surface area contributed by atoms with E-state index in [2.05, 4.69) is 24.8 Å². The third-order valence-electron chi connectivity index (χ3n) is 5.77. The summed E-state index contributed by atoms with van der Waals surface area (Å²) < 4.78 is 2.13. The van der Waals surface area contributed by atoms with Gasteiger partial charge >= 0.3 is 0 Å². The van der Waals surface area contributed by atoms with Crippen LogP contribution in [0.3, 0.4) is 0 Å². The van der Waals surface area contributed by atoms with Crippen molar-refractivity contribution in [3.8, 4) is 0 Å². The van der Waals surface area contributed by atoms with E-state index in [1.165, 1.54) is 57.9 Å². The van der Waals surface area contributed by atoms with Crippen molar-refractivity contribution in [3.63, 3.8) is 0 Å². The maximum atomic E-state index is 4.56. The molecule has 0 atom stereocenters. The third-order valence-corrected chi connectivity index (χ3v) is 5.77. The van der Waals surface area contributed by atoms with Crippen LogP contribution in [-0.2, 0) is 6.54 Å². The second-order valence-electron chi connectivity index (χ2n) is 7.57. The number of likely N-dealkylation sites (tertiary alicyclic amines) is 1. The van der Waals surface area contributed by atoms with E-state index in [0.29, 0.717) is 5.41 Å². The number of aryl methyl sites for hydroxylation is 1. The lowest BCUT2D eigenvalue weighted by molar-refractivity contribution is 0.115. The first kappa shape index (κ1) is 17.3. The van der Waals surface area contributed by atoms with Crippen LogP contribution in [0.15, 0.2) is 23.7 Å². The molecular weight excluding hydrogens is 298 g/mol. The SMILES string of the molecule is CN=C(NCCCn1ccnc1)N1CCCC2(CCCCCC2)C1. The molecule has 1 aromatic heterocycles. The fourth-order valence-electron chi connectivity index (χ4n) is 4.49. The number of nitrogens with one attached hydrogen (secondary N) is 1. The molecule has 5 heteroatoms. The Morgan fingerprint density at radius 1 is 1.17 bits per heavy atom. The van der Waals surface area contributed by atoms with Gasteiger partial charge in [0.15, 0.2) is 5.96 Å². The Hall–Kier alpha value is -1.52. The highest BCUT2D eigenvalue weighted by molar-refractivity contribution is 5.80. The largest absolute Gasteiger partial charge is 0.356 e. The number of aromatic nitrogens is 2. The van der Waals surface area contributed by atoms with Crippen LogP contribution in [0.1, 0.15) is 57.8 Å². The van der Waals surface area contributed by atoms with E-state index in [-0.39, 0.29) is 0 Å². The summed E-state index contributed by atoms with van der Waals surface area (Å²) in [4.78, 5) is 11.2. The Balaban J connectivity index is 1.49. The van der Waals surface area contributed by atoms with Gasteiger partial charge in [-0.25, -0.2) is 4.98 Å². The topological polar surface area (TPSA) is 45.5 Å². The number of rotatable bonds is 4. The second kappa shape index (κ2) is 8.54. The summed E-state index contributed by atoms with van der Waals surface area (Å²) >= 11 is 0. The minimum atomic E-state index is 0.559. The number of hydrogen-bond donors (Lipinski definition) is 1. The molecule has 1 spiro atoms. The zero-order valence-corrected chi connectivity index (χ0v) is 15.2. The molecule has 1 saturated heterocycles. The van der Waals surface area contributed by atoms with Crippen LogP contribution in [0.25, 0.3) is 0 Å². The first-order valence-corrected chi connectivity index (χ1v) is 9.73. The lowest BCUT2D eigenvalue weighted by Gasteiger charge is -2.44. The minimum absolute atomic E-state index is 0.559. The van der Waals surface area contributed by atoms with Gasteiger partial charge in [0.1, 0.15) is 0 Å². The maximum Gasteiger partial charge on any atom is 0.193 e. The Morgan fingerprint density at radius 3 is 2.67 bits per heavy atom. The van der Waals surface area contributed by atoms with E-state index in [1.807, 2.05) is 25.8 Å². The highest BCUT2D eigenvalue weighted by Gasteiger charge is 2.36. The van der Waals surface area contributed by atoms with Crippen LogP contribution in [0, 0.1) is 5.41 Å². The molecular formula is C19H33N5. The monoisotopic (exact) mass is 331 g/mol. The van der Waals surface area contributed by atoms with Crippen LogP contribution in [0.4, 0.5) is 0 Å². The lowest BCUT2D eigenvalue weighted by atomic mass is 9.74. The molecule has 1 aliphatic carbocycles. The van der Waals surface area contributed by atoms with Gasteiger partial charge in [0.2, 0.25) is 0 Å². The molecule has 0 aromatic carbocycles. The number of piperidine rings is 1. The molecule has 1 N–H and O–H groups in total. The molecule has 1 aromatic rings. The summed E-state index contributed by atoms with van der Waals surface area (Å²) in [6.07, 6.45) is 18.1. The molecule has 0 radical (unpaired) electrons. The van der Waals surface area contributed by atoms with Crippen molar-refractivity contribution in [1.82, 2.24) is 19.8 Å². The highest BCUT2D eigenvalue weighted by atomic mass is 15.3. The van der Waals surface area contributed by atoms with Gasteiger partial charge < -0.3 is 14.8 Å². The van der Waals surface area contributed by atoms with E-state index in [9.17, 15) is 0 Å². The van der Waals surface area contributed by atoms with Gasteiger partial charge in [0.25, 0.3) is 0 Å². The minimum Gasteiger partial charge on any atom is -0.356 e. The first-order chi connectivity index (χ1) is 11.8. The van der Waals surface area contributed by atoms with Crippen LogP contribution < -0.4 is 5.32 Å². The molecule has 134 valence electrons. The molecule has 5 nitrogen and oxygen atoms in total. The third kappa shape index (κ3) is 4.52. The Morgan fingerprint density at radius 2 is 1.96 bits per heavy atom. The number of aliphatic imine (C=N–C) groups is 1. The zero-order chi connectivity index (χ0) is 16.7. The molecule has 24 heavy (non-hydrogen) atoms. The zero-order valence-electron chi connectivity index (χ0n) is 15.2. The summed E-state index contributed by atoms with van der Waals surface area (Å²) in [5, 5.41) is 3.58. The molecule has 0 bridgehead atoms. The smallest absolute Gasteiger partial charge is 0.193 e. The van der Waals surface area contributed by atoms with Gasteiger partial charge in [-0.3, -0.25) is 4.99 Å². The summed E-state index contributed by atoms with van der Waals surface area (Å²) in [5.74, 6) is 1.10. The van der Waals surface area contributed by atoms with Gasteiger partial charge in [-0.2, -0.15) is 0 Å². The lowest BCUT2D eigenvalue weighted by Crippen LogP contribution is -2.50. The highest BCUT2D eigenvalue weighted by Crippen LogP contribution is 2.42. The van der Waals surface area contributed by atoms with Crippen LogP contribution in [0.2, 0.25) is 0 Å². The average molecular weight is 332 g/mol. The van der Waals surface area contributed by atoms with Crippen molar-refractivity contribution in [2.24, 2.45) is 10.4 Å². The molecule has 2 aliphatic rings. The number of guanidine groups is 1. The normalized spacial score (nSPS) is 21.7. The van der Waals surface area contributed by atoms with Crippen molar-refractivity contribution >= 4 is 5.96 Å². The molecule has 3 rings (SSSR count). The van der Waals surface area contributed by atoms with E-state index in [1.54, 1.807) is 0 Å². The summed E-state index contributed by atoms with van der Waals surface area (Å²) in [6, 6.07) is 0. The standard InChI is InChI=1S/C19H33N5/c1-20-18(22-11-7-13-23-15-12-21-17-23)24-14-6-10-19(16-24)8-4-2-3-5-9-19/h12,15,17H,2-11,13-14,16H2,1H3,(H,20,22). The van der Waals surface area contributed by atoms with E-state index in [4.69, 9.17) is 0 Å². The molecule has 0 amide bonds. The molecule has 0 unspecified atom stereocenters. The summed E-state index contributed by atoms with van der Waals surface area (Å²) in [5.41, 5.74) is 0.559. The molecule has 2 fully saturated rings. The fourth-order valence-corrected chi connectivity index (χ4v) is 4.49.